The number of carbonyl (C=O) groups is 8. The minimum absolute atomic E-state index is 0.0178. The number of aryl methyl sites for hydroxylation is 2. The standard InChI is InChI=1S/C75H108N10O20/c1-11-54-48(4)56-46-61-66(50(6)58(79-61)44-57-49(5)55(12-15-65(89)94-10)70(80-57)68-71-67(51(7)59(81-71)45-60(54)78-56)74(92)85(75(68)93)19-18-83-20-25-97-26-21-83)53(9)105-43-42-96-24-17-76-72(90)52(8)77-73(91)69(47(2)3)82-62(86)16-23-95-28-30-99-32-34-101-36-38-103-40-41-104-39-37-102-35-33-100-31-29-98-27-22-84-63(87)13-14-64(84)88/h13-14,44-47,49,52-53,55,69,79,81H,11-12,15-43H2,1-10H3,(H,76,90)(H,77,91)(H,82,86)/t49-,52-,53?,55-,69-/m0/s1. The van der Waals surface area contributed by atoms with E-state index in [9.17, 15) is 33.6 Å². The number of nitrogens with zero attached hydrogens (tertiary/aromatic N) is 5. The van der Waals surface area contributed by atoms with Gasteiger partial charge in [-0.2, -0.15) is 0 Å². The zero-order valence-corrected chi connectivity index (χ0v) is 62.7. The van der Waals surface area contributed by atoms with E-state index in [0.29, 0.717) is 171 Å². The highest BCUT2D eigenvalue weighted by Gasteiger charge is 2.42. The summed E-state index contributed by atoms with van der Waals surface area (Å²) in [4.78, 5) is 128. The van der Waals surface area contributed by atoms with Crippen molar-refractivity contribution in [3.8, 4) is 0 Å². The second-order valence-electron chi connectivity index (χ2n) is 26.4. The Kier molecular flexibility index (Phi) is 33.6. The van der Waals surface area contributed by atoms with Crippen molar-refractivity contribution in [3.63, 3.8) is 0 Å². The van der Waals surface area contributed by atoms with E-state index in [-0.39, 0.29) is 114 Å². The third kappa shape index (κ3) is 23.6. The Morgan fingerprint density at radius 2 is 1.15 bits per heavy atom. The summed E-state index contributed by atoms with van der Waals surface area (Å²) < 4.78 is 67.1. The van der Waals surface area contributed by atoms with Gasteiger partial charge in [-0.05, 0) is 93.9 Å². The van der Waals surface area contributed by atoms with Crippen LogP contribution < -0.4 is 16.0 Å². The number of ether oxygens (including phenoxy) is 12. The fourth-order valence-corrected chi connectivity index (χ4v) is 12.9. The summed E-state index contributed by atoms with van der Waals surface area (Å²) in [6.07, 6.45) is 3.17. The van der Waals surface area contributed by atoms with Gasteiger partial charge in [-0.3, -0.25) is 58.0 Å². The van der Waals surface area contributed by atoms with E-state index in [4.69, 9.17) is 66.8 Å². The van der Waals surface area contributed by atoms with E-state index in [2.05, 4.69) is 44.7 Å². The first-order valence-corrected chi connectivity index (χ1v) is 36.7. The lowest BCUT2D eigenvalue weighted by Gasteiger charge is -2.31. The van der Waals surface area contributed by atoms with Crippen LogP contribution in [0.5, 0.6) is 0 Å². The van der Waals surface area contributed by atoms with E-state index in [1.165, 1.54) is 24.2 Å². The monoisotopic (exact) mass is 1470 g/mol. The van der Waals surface area contributed by atoms with E-state index in [1.807, 2.05) is 45.9 Å². The molecule has 0 saturated carbocycles. The lowest BCUT2D eigenvalue weighted by atomic mass is 9.84. The minimum Gasteiger partial charge on any atom is -0.469 e. The largest absolute Gasteiger partial charge is 0.469 e. The number of esters is 1. The summed E-state index contributed by atoms with van der Waals surface area (Å²) in [6, 6.07) is 4.21. The number of hydrogen-bond donors (Lipinski definition) is 5. The number of imide groups is 2. The zero-order chi connectivity index (χ0) is 75.4. The lowest BCUT2D eigenvalue weighted by molar-refractivity contribution is -0.141. The van der Waals surface area contributed by atoms with Gasteiger partial charge in [0.1, 0.15) is 12.1 Å². The molecule has 8 rings (SSSR count). The number of hydrogen-bond acceptors (Lipinski definition) is 23. The Morgan fingerprint density at radius 3 is 1.74 bits per heavy atom. The van der Waals surface area contributed by atoms with E-state index < -0.39 is 41.8 Å². The molecule has 1 fully saturated rings. The molecule has 7 amide bonds. The molecule has 8 bridgehead atoms. The van der Waals surface area contributed by atoms with Crippen LogP contribution in [-0.2, 0) is 85.6 Å². The molecule has 0 aromatic carbocycles. The number of carbonyl (C=O) groups excluding carboxylic acids is 8. The molecule has 5 aliphatic heterocycles. The Labute approximate surface area is 613 Å². The van der Waals surface area contributed by atoms with Gasteiger partial charge < -0.3 is 82.8 Å². The number of fused-ring (bicyclic) bond motifs is 8. The van der Waals surface area contributed by atoms with Gasteiger partial charge in [-0.25, -0.2) is 4.98 Å². The van der Waals surface area contributed by atoms with Crippen molar-refractivity contribution in [3.05, 3.63) is 80.9 Å². The first-order chi connectivity index (χ1) is 50.7. The van der Waals surface area contributed by atoms with Gasteiger partial charge in [0, 0.05) is 97.4 Å². The zero-order valence-electron chi connectivity index (χ0n) is 62.7. The van der Waals surface area contributed by atoms with Gasteiger partial charge in [-0.15, -0.1) is 0 Å². The summed E-state index contributed by atoms with van der Waals surface area (Å²) in [6.45, 7) is 27.1. The van der Waals surface area contributed by atoms with Crippen molar-refractivity contribution < 1.29 is 95.2 Å². The number of nitrogens with one attached hydrogen (secondary N) is 5. The fourth-order valence-electron chi connectivity index (χ4n) is 12.9. The van der Waals surface area contributed by atoms with Gasteiger partial charge in [-0.1, -0.05) is 27.7 Å². The third-order valence-electron chi connectivity index (χ3n) is 19.0. The van der Waals surface area contributed by atoms with Gasteiger partial charge in [0.2, 0.25) is 17.7 Å². The minimum atomic E-state index is -0.907. The first-order valence-electron chi connectivity index (χ1n) is 36.7. The van der Waals surface area contributed by atoms with Crippen LogP contribution in [0.25, 0.3) is 33.2 Å². The molecule has 8 heterocycles. The van der Waals surface area contributed by atoms with Crippen molar-refractivity contribution in [2.75, 3.05) is 185 Å². The normalized spacial score (nSPS) is 17.0. The molecule has 578 valence electrons. The number of rotatable bonds is 47. The van der Waals surface area contributed by atoms with Crippen molar-refractivity contribution in [2.45, 2.75) is 118 Å². The smallest absolute Gasteiger partial charge is 0.305 e. The Hall–Kier alpha value is -7.72. The second kappa shape index (κ2) is 42.6. The number of methoxy groups -OCH3 is 1. The quantitative estimate of drug-likeness (QED) is 0.0270. The molecule has 105 heavy (non-hydrogen) atoms. The SMILES string of the molecule is CCC1=C(C)c2cc3[nH]c(cc4nc(c5c6[nH]c(cc1n2)c(C)c6C(=O)N(CCN1CCOCC1)C5=O)[C@@H](CCC(=O)OC)[C@@H]4C)c(C)c3C(C)OCCOCCNC(=O)[C@H](C)NC(=O)[C@@H](NC(=O)CCOCCOCCOCCOCCOCCOCCOCCOCCN1C(=O)C=CC1=O)C(C)C. The van der Waals surface area contributed by atoms with E-state index in [1.54, 1.807) is 20.8 Å². The molecule has 5 aliphatic rings. The average molecular weight is 1470 g/mol. The van der Waals surface area contributed by atoms with Crippen LogP contribution in [0.15, 0.2) is 30.4 Å². The summed E-state index contributed by atoms with van der Waals surface area (Å²) in [5, 5.41) is 8.31. The predicted octanol–water partition coefficient (Wildman–Crippen LogP) is 5.34. The highest BCUT2D eigenvalue weighted by atomic mass is 16.6. The average Bonchev–Trinajstić information content (AvgIpc) is 1.59. The predicted molar refractivity (Wildman–Crippen MR) is 388 cm³/mol. The topological polar surface area (TPSA) is 350 Å². The number of morpholine rings is 1. The van der Waals surface area contributed by atoms with Crippen LogP contribution in [0, 0.1) is 19.8 Å². The fraction of sp³-hybridized carbons (Fsp3) is 0.627. The highest BCUT2D eigenvalue weighted by molar-refractivity contribution is 6.23. The Bertz CT molecular complexity index is 3680. The highest BCUT2D eigenvalue weighted by Crippen LogP contribution is 2.45. The Morgan fingerprint density at radius 1 is 0.600 bits per heavy atom. The number of aromatic nitrogens is 4. The molecule has 5 atom stereocenters. The summed E-state index contributed by atoms with van der Waals surface area (Å²) >= 11 is 0. The molecule has 30 nitrogen and oxygen atoms in total. The van der Waals surface area contributed by atoms with Crippen molar-refractivity contribution in [1.82, 2.24) is 50.6 Å². The molecule has 0 radical (unpaired) electrons. The molecule has 3 aromatic heterocycles. The molecule has 3 aromatic rings. The van der Waals surface area contributed by atoms with E-state index in [0.717, 1.165) is 49.6 Å². The maximum atomic E-state index is 15.2. The van der Waals surface area contributed by atoms with Gasteiger partial charge >= 0.3 is 5.97 Å². The number of H-pyrrole nitrogens is 2. The molecule has 1 saturated heterocycles. The van der Waals surface area contributed by atoms with Crippen LogP contribution in [0.4, 0.5) is 0 Å². The van der Waals surface area contributed by atoms with Crippen LogP contribution in [0.2, 0.25) is 0 Å². The van der Waals surface area contributed by atoms with Gasteiger partial charge in [0.25, 0.3) is 23.6 Å². The van der Waals surface area contributed by atoms with Gasteiger partial charge in [0.15, 0.2) is 0 Å². The number of allylic oxidation sites excluding steroid dienone is 2. The van der Waals surface area contributed by atoms with Crippen molar-refractivity contribution in [2.24, 2.45) is 5.92 Å². The van der Waals surface area contributed by atoms with Crippen LogP contribution in [-0.4, -0.2) is 279 Å². The number of amides is 7. The Balaban J connectivity index is 0.731. The first kappa shape index (κ1) is 82.9. The molecule has 30 heteroatoms. The maximum Gasteiger partial charge on any atom is 0.305 e. The second-order valence-corrected chi connectivity index (χ2v) is 26.4. The van der Waals surface area contributed by atoms with Gasteiger partial charge in [0.05, 0.1) is 192 Å². The maximum absolute atomic E-state index is 15.2. The summed E-state index contributed by atoms with van der Waals surface area (Å²) in [5.74, 6) is -4.08. The number of aromatic amines is 2. The molecule has 5 N–H and O–H groups in total. The van der Waals surface area contributed by atoms with Crippen LogP contribution >= 0.6 is 0 Å². The molecular weight excluding hydrogens is 1360 g/mol. The third-order valence-corrected chi connectivity index (χ3v) is 19.0. The van der Waals surface area contributed by atoms with Crippen molar-refractivity contribution in [1.29, 1.82) is 0 Å². The molecular formula is C75H108N10O20. The molecule has 0 aliphatic carbocycles. The van der Waals surface area contributed by atoms with Crippen molar-refractivity contribution >= 4 is 80.5 Å². The summed E-state index contributed by atoms with van der Waals surface area (Å²) in [5.41, 5.74) is 10.6. The van der Waals surface area contributed by atoms with E-state index >= 15 is 4.79 Å². The summed E-state index contributed by atoms with van der Waals surface area (Å²) in [7, 11) is 1.36. The lowest BCUT2D eigenvalue weighted by Crippen LogP contribution is -2.54. The van der Waals surface area contributed by atoms with Crippen LogP contribution in [0.3, 0.4) is 0 Å². The van der Waals surface area contributed by atoms with Crippen LogP contribution in [0.1, 0.15) is 152 Å². The molecule has 0 spiro atoms. The molecule has 1 unspecified atom stereocenters.